The molecule has 2 rings (SSSR count). The van der Waals surface area contributed by atoms with Gasteiger partial charge in [-0.3, -0.25) is 9.10 Å². The number of amides is 1. The van der Waals surface area contributed by atoms with E-state index in [1.165, 1.54) is 55.6 Å². The fourth-order valence-corrected chi connectivity index (χ4v) is 3.14. The standard InChI is InChI=1S/C18H19FN2O5S/c1-26-18(23)14-4-3-5-16(10-14)21(27(2,24)25)12-17(22)20-11-13-6-8-15(19)9-7-13/h3-10H,11-12H2,1-2H3,(H,20,22). The van der Waals surface area contributed by atoms with E-state index in [1.807, 2.05) is 0 Å². The minimum atomic E-state index is -3.78. The molecule has 0 saturated heterocycles. The van der Waals surface area contributed by atoms with Gasteiger partial charge in [-0.25, -0.2) is 17.6 Å². The van der Waals surface area contributed by atoms with Crippen molar-refractivity contribution in [3.63, 3.8) is 0 Å². The summed E-state index contributed by atoms with van der Waals surface area (Å²) in [6.45, 7) is -0.344. The Morgan fingerprint density at radius 1 is 1.15 bits per heavy atom. The van der Waals surface area contributed by atoms with Crippen LogP contribution in [0.15, 0.2) is 48.5 Å². The Labute approximate surface area is 156 Å². The van der Waals surface area contributed by atoms with Gasteiger partial charge in [-0.15, -0.1) is 0 Å². The average molecular weight is 394 g/mol. The Morgan fingerprint density at radius 2 is 1.81 bits per heavy atom. The molecule has 2 aromatic carbocycles. The summed E-state index contributed by atoms with van der Waals surface area (Å²) < 4.78 is 42.6. The zero-order valence-corrected chi connectivity index (χ0v) is 15.6. The highest BCUT2D eigenvalue weighted by Gasteiger charge is 2.22. The van der Waals surface area contributed by atoms with E-state index in [1.54, 1.807) is 0 Å². The Morgan fingerprint density at radius 3 is 2.41 bits per heavy atom. The Balaban J connectivity index is 2.14. The van der Waals surface area contributed by atoms with Crippen LogP contribution in [-0.2, 0) is 26.1 Å². The number of ether oxygens (including phenoxy) is 1. The number of benzene rings is 2. The van der Waals surface area contributed by atoms with Gasteiger partial charge in [0.1, 0.15) is 12.4 Å². The van der Waals surface area contributed by atoms with Gasteiger partial charge in [0.05, 0.1) is 24.6 Å². The maximum absolute atomic E-state index is 12.9. The maximum atomic E-state index is 12.9. The monoisotopic (exact) mass is 394 g/mol. The highest BCUT2D eigenvalue weighted by Crippen LogP contribution is 2.19. The zero-order chi connectivity index (χ0) is 20.0. The molecule has 144 valence electrons. The molecule has 0 radical (unpaired) electrons. The molecule has 0 spiro atoms. The highest BCUT2D eigenvalue weighted by molar-refractivity contribution is 7.92. The maximum Gasteiger partial charge on any atom is 0.337 e. The first-order chi connectivity index (χ1) is 12.7. The van der Waals surface area contributed by atoms with Crippen molar-refractivity contribution >= 4 is 27.6 Å². The number of esters is 1. The van der Waals surface area contributed by atoms with Gasteiger partial charge in [-0.05, 0) is 35.9 Å². The highest BCUT2D eigenvalue weighted by atomic mass is 32.2. The van der Waals surface area contributed by atoms with Gasteiger partial charge in [0.25, 0.3) is 0 Å². The van der Waals surface area contributed by atoms with Gasteiger partial charge in [0.15, 0.2) is 0 Å². The van der Waals surface area contributed by atoms with Crippen LogP contribution in [0.1, 0.15) is 15.9 Å². The van der Waals surface area contributed by atoms with E-state index in [4.69, 9.17) is 0 Å². The third-order valence-electron chi connectivity index (χ3n) is 3.65. The molecule has 7 nitrogen and oxygen atoms in total. The lowest BCUT2D eigenvalue weighted by Crippen LogP contribution is -2.40. The summed E-state index contributed by atoms with van der Waals surface area (Å²) in [4.78, 5) is 23.9. The first-order valence-corrected chi connectivity index (χ1v) is 9.73. The molecular formula is C18H19FN2O5S. The van der Waals surface area contributed by atoms with Gasteiger partial charge in [-0.2, -0.15) is 0 Å². The molecule has 0 unspecified atom stereocenters. The van der Waals surface area contributed by atoms with E-state index in [-0.39, 0.29) is 23.6 Å². The number of hydrogen-bond donors (Lipinski definition) is 1. The van der Waals surface area contributed by atoms with Crippen LogP contribution in [0.4, 0.5) is 10.1 Å². The third kappa shape index (κ3) is 5.78. The van der Waals surface area contributed by atoms with Crippen molar-refractivity contribution in [2.24, 2.45) is 0 Å². The number of rotatable bonds is 7. The van der Waals surface area contributed by atoms with Crippen molar-refractivity contribution in [1.82, 2.24) is 5.32 Å². The zero-order valence-electron chi connectivity index (χ0n) is 14.8. The Hall–Kier alpha value is -2.94. The van der Waals surface area contributed by atoms with Crippen molar-refractivity contribution in [2.75, 3.05) is 24.2 Å². The number of hydrogen-bond acceptors (Lipinski definition) is 5. The molecule has 0 bridgehead atoms. The van der Waals surface area contributed by atoms with Crippen molar-refractivity contribution in [3.05, 3.63) is 65.5 Å². The normalized spacial score (nSPS) is 10.9. The molecule has 0 aliphatic carbocycles. The molecule has 2 aromatic rings. The molecule has 0 aliphatic rings. The smallest absolute Gasteiger partial charge is 0.337 e. The number of carbonyl (C=O) groups is 2. The molecule has 9 heteroatoms. The van der Waals surface area contributed by atoms with Gasteiger partial charge in [-0.1, -0.05) is 18.2 Å². The average Bonchev–Trinajstić information content (AvgIpc) is 2.64. The molecule has 27 heavy (non-hydrogen) atoms. The summed E-state index contributed by atoms with van der Waals surface area (Å²) in [7, 11) is -2.57. The minimum Gasteiger partial charge on any atom is -0.465 e. The molecule has 0 fully saturated rings. The molecule has 0 aromatic heterocycles. The van der Waals surface area contributed by atoms with E-state index in [9.17, 15) is 22.4 Å². The molecule has 0 heterocycles. The summed E-state index contributed by atoms with van der Waals surface area (Å²) in [5, 5.41) is 2.58. The van der Waals surface area contributed by atoms with Crippen LogP contribution < -0.4 is 9.62 Å². The summed E-state index contributed by atoms with van der Waals surface area (Å²) in [6, 6.07) is 11.3. The second kappa shape index (κ2) is 8.63. The lowest BCUT2D eigenvalue weighted by molar-refractivity contribution is -0.119. The second-order valence-corrected chi connectivity index (χ2v) is 7.62. The van der Waals surface area contributed by atoms with Gasteiger partial charge >= 0.3 is 5.97 Å². The van der Waals surface area contributed by atoms with Crippen LogP contribution in [0.2, 0.25) is 0 Å². The molecule has 0 saturated carbocycles. The molecule has 1 amide bonds. The van der Waals surface area contributed by atoms with Crippen molar-refractivity contribution in [3.8, 4) is 0 Å². The van der Waals surface area contributed by atoms with Crippen molar-refractivity contribution in [1.29, 1.82) is 0 Å². The van der Waals surface area contributed by atoms with Gasteiger partial charge in [0.2, 0.25) is 15.9 Å². The number of halogens is 1. The second-order valence-electron chi connectivity index (χ2n) is 5.71. The third-order valence-corrected chi connectivity index (χ3v) is 4.79. The van der Waals surface area contributed by atoms with E-state index < -0.39 is 28.4 Å². The van der Waals surface area contributed by atoms with Gasteiger partial charge in [0, 0.05) is 6.54 Å². The number of sulfonamides is 1. The van der Waals surface area contributed by atoms with Crippen LogP contribution in [0.3, 0.4) is 0 Å². The van der Waals surface area contributed by atoms with Crippen LogP contribution in [0.25, 0.3) is 0 Å². The summed E-state index contributed by atoms with van der Waals surface area (Å²) in [5.41, 5.74) is 0.996. The topological polar surface area (TPSA) is 92.8 Å². The largest absolute Gasteiger partial charge is 0.465 e. The van der Waals surface area contributed by atoms with Gasteiger partial charge < -0.3 is 10.1 Å². The molecule has 0 aliphatic heterocycles. The SMILES string of the molecule is COC(=O)c1cccc(N(CC(=O)NCc2ccc(F)cc2)S(C)(=O)=O)c1. The van der Waals surface area contributed by atoms with E-state index >= 15 is 0 Å². The van der Waals surface area contributed by atoms with Crippen LogP contribution >= 0.6 is 0 Å². The molecular weight excluding hydrogens is 375 g/mol. The number of methoxy groups -OCH3 is 1. The van der Waals surface area contributed by atoms with Crippen molar-refractivity contribution < 1.29 is 27.1 Å². The van der Waals surface area contributed by atoms with Crippen molar-refractivity contribution in [2.45, 2.75) is 6.54 Å². The fraction of sp³-hybridized carbons (Fsp3) is 0.222. The minimum absolute atomic E-state index is 0.124. The number of nitrogens with one attached hydrogen (secondary N) is 1. The number of nitrogens with zero attached hydrogens (tertiary/aromatic N) is 1. The van der Waals surface area contributed by atoms with E-state index in [0.29, 0.717) is 5.56 Å². The predicted octanol–water partition coefficient (Wildman–Crippen LogP) is 1.69. The predicted molar refractivity (Wildman–Crippen MR) is 98.2 cm³/mol. The summed E-state index contributed by atoms with van der Waals surface area (Å²) in [5.74, 6) is -1.56. The lowest BCUT2D eigenvalue weighted by atomic mass is 10.2. The fourth-order valence-electron chi connectivity index (χ4n) is 2.30. The quantitative estimate of drug-likeness (QED) is 0.722. The molecule has 0 atom stereocenters. The summed E-state index contributed by atoms with van der Waals surface area (Å²) >= 11 is 0. The Bertz CT molecular complexity index is 929. The van der Waals surface area contributed by atoms with E-state index in [2.05, 4.69) is 10.1 Å². The number of carbonyl (C=O) groups excluding carboxylic acids is 2. The lowest BCUT2D eigenvalue weighted by Gasteiger charge is -2.22. The van der Waals surface area contributed by atoms with Crippen LogP contribution in [0, 0.1) is 5.82 Å². The first kappa shape index (κ1) is 20.4. The van der Waals surface area contributed by atoms with Crippen LogP contribution in [-0.4, -0.2) is 40.2 Å². The van der Waals surface area contributed by atoms with E-state index in [0.717, 1.165) is 10.6 Å². The Kier molecular flexibility index (Phi) is 6.51. The first-order valence-electron chi connectivity index (χ1n) is 7.88. The van der Waals surface area contributed by atoms with Crippen LogP contribution in [0.5, 0.6) is 0 Å². The summed E-state index contributed by atoms with van der Waals surface area (Å²) in [6.07, 6.45) is 0.963. The molecule has 1 N–H and O–H groups in total. The number of anilines is 1.